The third-order valence-electron chi connectivity index (χ3n) is 10.7. The topological polar surface area (TPSA) is 125 Å². The number of nitrogens with zero attached hydrogens (tertiary/aromatic N) is 2. The van der Waals surface area contributed by atoms with Gasteiger partial charge in [-0.25, -0.2) is 0 Å². The van der Waals surface area contributed by atoms with Crippen molar-refractivity contribution in [1.29, 1.82) is 0 Å². The Morgan fingerprint density at radius 3 is 1.27 bits per heavy atom. The Morgan fingerprint density at radius 2 is 0.977 bits per heavy atom. The smallest absolute Gasteiger partial charge is 0.316 e. The molecule has 44 heavy (non-hydrogen) atoms. The van der Waals surface area contributed by atoms with E-state index in [0.717, 1.165) is 36.8 Å². The van der Waals surface area contributed by atoms with Crippen LogP contribution in [0.4, 0.5) is 0 Å². The molecular formula is C34H42N2O8. The van der Waals surface area contributed by atoms with Crippen LogP contribution in [0.25, 0.3) is 0 Å². The van der Waals surface area contributed by atoms with E-state index in [1.54, 1.807) is 0 Å². The van der Waals surface area contributed by atoms with Gasteiger partial charge < -0.3 is 29.2 Å². The Hall–Kier alpha value is -2.86. The highest BCUT2D eigenvalue weighted by Crippen LogP contribution is 2.49. The first kappa shape index (κ1) is 29.8. The highest BCUT2D eigenvalue weighted by atomic mass is 16.6. The number of fused-ring (bicyclic) bond motifs is 10. The highest BCUT2D eigenvalue weighted by Gasteiger charge is 2.64. The zero-order valence-corrected chi connectivity index (χ0v) is 25.2. The monoisotopic (exact) mass is 606 g/mol. The average molecular weight is 607 g/mol. The molecule has 2 unspecified atom stereocenters. The fourth-order valence-electron chi connectivity index (χ4n) is 8.09. The van der Waals surface area contributed by atoms with Crippen molar-refractivity contribution < 1.29 is 38.7 Å². The van der Waals surface area contributed by atoms with Crippen molar-refractivity contribution in [2.75, 3.05) is 27.3 Å². The van der Waals surface area contributed by atoms with Gasteiger partial charge in [-0.1, -0.05) is 60.7 Å². The average Bonchev–Trinajstić information content (AvgIpc) is 3.94. The minimum atomic E-state index is -0.593. The van der Waals surface area contributed by atoms with Crippen LogP contribution in [0.15, 0.2) is 60.7 Å². The summed E-state index contributed by atoms with van der Waals surface area (Å²) < 4.78 is 22.8. The van der Waals surface area contributed by atoms with Crippen molar-refractivity contribution in [2.24, 2.45) is 0 Å². The number of aliphatic hydroxyl groups excluding tert-OH is 2. The summed E-state index contributed by atoms with van der Waals surface area (Å²) in [6, 6.07) is 20.1. The second-order valence-electron chi connectivity index (χ2n) is 13.1. The zero-order valence-electron chi connectivity index (χ0n) is 25.2. The SMILES string of the molecule is CN1[C@@H]2CC(OC(=O)[C@H](CO)c3ccccc3)C[C@H]1[C@@H]1O[C@@H]12.CN1[C@@H]2CC(OC(=O)[C@H](CO)c3ccccc3)C[C@H]1[C@@H]1O[C@@H]12. The van der Waals surface area contributed by atoms with Gasteiger partial charge in [0.25, 0.3) is 0 Å². The van der Waals surface area contributed by atoms with Crippen LogP contribution in [0.2, 0.25) is 0 Å². The Bertz CT molecular complexity index is 1190. The number of esters is 2. The summed E-state index contributed by atoms with van der Waals surface area (Å²) in [4.78, 5) is 29.6. The molecule has 4 bridgehead atoms. The summed E-state index contributed by atoms with van der Waals surface area (Å²) in [7, 11) is 4.26. The molecule has 0 aliphatic carbocycles. The molecule has 6 heterocycles. The van der Waals surface area contributed by atoms with E-state index in [1.807, 2.05) is 60.7 Å². The number of benzene rings is 2. The molecule has 12 atom stereocenters. The molecular weight excluding hydrogens is 564 g/mol. The van der Waals surface area contributed by atoms with E-state index >= 15 is 0 Å². The van der Waals surface area contributed by atoms with Crippen molar-refractivity contribution >= 4 is 11.9 Å². The fraction of sp³-hybridized carbons (Fsp3) is 0.588. The van der Waals surface area contributed by atoms with Crippen LogP contribution in [0, 0.1) is 0 Å². The summed E-state index contributed by atoms with van der Waals surface area (Å²) in [6.45, 7) is -0.451. The molecule has 2 N–H and O–H groups in total. The van der Waals surface area contributed by atoms with Crippen LogP contribution in [-0.4, -0.2) is 120 Å². The first-order chi connectivity index (χ1) is 21.4. The number of carbonyl (C=O) groups excluding carboxylic acids is 2. The standard InChI is InChI=1S/2C17H21NO4/c2*1-18-13-7-11(8-14(18)16-15(13)22-16)21-17(20)12(9-19)10-5-3-2-4-6-10/h2*2-6,11-16,19H,7-9H2,1H3/t2*11?,12-,13-,14+,15-,16+/m11/s1. The second kappa shape index (κ2) is 12.2. The number of aliphatic hydroxyl groups is 2. The molecule has 0 saturated carbocycles. The van der Waals surface area contributed by atoms with Crippen LogP contribution < -0.4 is 0 Å². The fourth-order valence-corrected chi connectivity index (χ4v) is 8.09. The number of epoxide rings is 2. The third-order valence-corrected chi connectivity index (χ3v) is 10.7. The quantitative estimate of drug-likeness (QED) is 0.340. The van der Waals surface area contributed by atoms with Crippen molar-refractivity contribution in [3.8, 4) is 0 Å². The van der Waals surface area contributed by atoms with Crippen LogP contribution in [0.1, 0.15) is 48.6 Å². The van der Waals surface area contributed by atoms with Crippen LogP contribution in [0.5, 0.6) is 0 Å². The number of hydrogen-bond donors (Lipinski definition) is 2. The summed E-state index contributed by atoms with van der Waals surface area (Å²) in [5, 5.41) is 19.1. The summed E-state index contributed by atoms with van der Waals surface area (Å²) in [6.07, 6.45) is 4.52. The lowest BCUT2D eigenvalue weighted by Gasteiger charge is -2.38. The molecule has 0 radical (unpaired) electrons. The van der Waals surface area contributed by atoms with Gasteiger partial charge >= 0.3 is 11.9 Å². The molecule has 2 aromatic rings. The third kappa shape index (κ3) is 5.57. The van der Waals surface area contributed by atoms with Gasteiger partial charge in [0.2, 0.25) is 0 Å². The van der Waals surface area contributed by atoms with Gasteiger partial charge in [-0.05, 0) is 25.2 Å². The predicted octanol–water partition coefficient (Wildman–Crippen LogP) is 1.84. The van der Waals surface area contributed by atoms with E-state index in [9.17, 15) is 19.8 Å². The minimum Gasteiger partial charge on any atom is -0.462 e. The Balaban J connectivity index is 0.000000142. The summed E-state index contributed by atoms with van der Waals surface area (Å²) >= 11 is 0. The number of piperidine rings is 2. The number of hydrogen-bond acceptors (Lipinski definition) is 10. The molecule has 10 heteroatoms. The van der Waals surface area contributed by atoms with E-state index in [1.165, 1.54) is 0 Å². The van der Waals surface area contributed by atoms with Gasteiger partial charge in [0, 0.05) is 49.9 Å². The molecule has 6 fully saturated rings. The van der Waals surface area contributed by atoms with Gasteiger partial charge in [0.1, 0.15) is 48.5 Å². The molecule has 10 nitrogen and oxygen atoms in total. The van der Waals surface area contributed by atoms with E-state index < -0.39 is 11.8 Å². The van der Waals surface area contributed by atoms with Crippen LogP contribution in [-0.2, 0) is 28.5 Å². The molecule has 0 spiro atoms. The molecule has 236 valence electrons. The number of ether oxygens (including phenoxy) is 4. The maximum absolute atomic E-state index is 12.4. The van der Waals surface area contributed by atoms with Crippen molar-refractivity contribution in [3.05, 3.63) is 71.8 Å². The number of morpholine rings is 2. The second-order valence-corrected chi connectivity index (χ2v) is 13.1. The maximum Gasteiger partial charge on any atom is 0.316 e. The van der Waals surface area contributed by atoms with Crippen LogP contribution in [0.3, 0.4) is 0 Å². The molecule has 2 aromatic carbocycles. The lowest BCUT2D eigenvalue weighted by atomic mass is 9.97. The number of likely N-dealkylation sites (N-methyl/N-ethyl adjacent to an activating group) is 2. The molecule has 8 rings (SSSR count). The normalized spacial score (nSPS) is 37.5. The van der Waals surface area contributed by atoms with E-state index in [4.69, 9.17) is 18.9 Å². The van der Waals surface area contributed by atoms with Crippen molar-refractivity contribution in [1.82, 2.24) is 9.80 Å². The Kier molecular flexibility index (Phi) is 8.24. The lowest BCUT2D eigenvalue weighted by Crippen LogP contribution is -2.48. The maximum atomic E-state index is 12.4. The number of rotatable bonds is 8. The molecule has 0 aromatic heterocycles. The summed E-state index contributed by atoms with van der Waals surface area (Å²) in [5.74, 6) is -1.83. The first-order valence-corrected chi connectivity index (χ1v) is 15.8. The largest absolute Gasteiger partial charge is 0.462 e. The zero-order chi connectivity index (χ0) is 30.5. The van der Waals surface area contributed by atoms with Crippen molar-refractivity contribution in [2.45, 2.75) is 98.3 Å². The molecule has 6 aliphatic heterocycles. The van der Waals surface area contributed by atoms with Gasteiger partial charge in [0.05, 0.1) is 13.2 Å². The van der Waals surface area contributed by atoms with E-state index in [0.29, 0.717) is 48.6 Å². The molecule has 0 amide bonds. The molecule has 6 saturated heterocycles. The van der Waals surface area contributed by atoms with Gasteiger partial charge in [-0.15, -0.1) is 0 Å². The minimum absolute atomic E-state index is 0.0622. The number of carbonyl (C=O) groups is 2. The lowest BCUT2D eigenvalue weighted by molar-refractivity contribution is -0.157. The Labute approximate surface area is 257 Å². The predicted molar refractivity (Wildman–Crippen MR) is 159 cm³/mol. The van der Waals surface area contributed by atoms with Gasteiger partial charge in [-0.2, -0.15) is 0 Å². The van der Waals surface area contributed by atoms with Gasteiger partial charge in [0.15, 0.2) is 0 Å². The van der Waals surface area contributed by atoms with Gasteiger partial charge in [-0.3, -0.25) is 19.4 Å². The van der Waals surface area contributed by atoms with E-state index in [2.05, 4.69) is 23.9 Å². The first-order valence-electron chi connectivity index (χ1n) is 15.8. The van der Waals surface area contributed by atoms with Crippen LogP contribution >= 0.6 is 0 Å². The molecule has 6 aliphatic rings. The summed E-state index contributed by atoms with van der Waals surface area (Å²) in [5.41, 5.74) is 1.61. The highest BCUT2D eigenvalue weighted by molar-refractivity contribution is 5.79. The van der Waals surface area contributed by atoms with Crippen molar-refractivity contribution in [3.63, 3.8) is 0 Å². The Morgan fingerprint density at radius 1 is 0.659 bits per heavy atom. The van der Waals surface area contributed by atoms with E-state index in [-0.39, 0.29) is 37.4 Å².